The van der Waals surface area contributed by atoms with E-state index in [-0.39, 0.29) is 21.2 Å². The van der Waals surface area contributed by atoms with E-state index in [1.807, 2.05) is 6.07 Å². The number of thiophene rings is 1. The molecular formula is C11H15N3O2S2. The summed E-state index contributed by atoms with van der Waals surface area (Å²) in [5.41, 5.74) is 5.85. The summed E-state index contributed by atoms with van der Waals surface area (Å²) < 4.78 is 24.0. The fraction of sp³-hybridized carbons (Fsp3) is 0.545. The second-order valence-electron chi connectivity index (χ2n) is 4.34. The molecule has 1 heterocycles. The van der Waals surface area contributed by atoms with Crippen LogP contribution < -0.4 is 11.1 Å². The number of rotatable bonds is 5. The van der Waals surface area contributed by atoms with E-state index >= 15 is 0 Å². The average molecular weight is 285 g/mol. The molecule has 7 heteroatoms. The molecule has 0 atom stereocenters. The molecule has 98 valence electrons. The van der Waals surface area contributed by atoms with Crippen molar-refractivity contribution in [1.29, 1.82) is 5.26 Å². The first-order valence-electron chi connectivity index (χ1n) is 5.78. The van der Waals surface area contributed by atoms with Crippen LogP contribution in [0, 0.1) is 17.2 Å². The third kappa shape index (κ3) is 2.44. The van der Waals surface area contributed by atoms with Crippen LogP contribution in [0.3, 0.4) is 0 Å². The Morgan fingerprint density at radius 2 is 2.22 bits per heavy atom. The van der Waals surface area contributed by atoms with E-state index in [4.69, 9.17) is 11.0 Å². The summed E-state index contributed by atoms with van der Waals surface area (Å²) in [7, 11) is -3.40. The molecule has 1 aliphatic carbocycles. The molecule has 0 unspecified atom stereocenters. The van der Waals surface area contributed by atoms with Crippen LogP contribution in [0.4, 0.5) is 10.7 Å². The minimum Gasteiger partial charge on any atom is -0.396 e. The summed E-state index contributed by atoms with van der Waals surface area (Å²) in [6, 6.07) is 1.94. The number of nitrogens with zero attached hydrogens (tertiary/aromatic N) is 1. The number of nitrogens with one attached hydrogen (secondary N) is 1. The lowest BCUT2D eigenvalue weighted by atomic mass is 10.4. The Balaban J connectivity index is 2.40. The number of nitriles is 1. The monoisotopic (exact) mass is 285 g/mol. The van der Waals surface area contributed by atoms with Crippen LogP contribution in [0.2, 0.25) is 0 Å². The summed E-state index contributed by atoms with van der Waals surface area (Å²) in [6.07, 6.45) is 2.35. The first kappa shape index (κ1) is 13.2. The van der Waals surface area contributed by atoms with Gasteiger partial charge in [0.05, 0.1) is 11.4 Å². The van der Waals surface area contributed by atoms with Gasteiger partial charge in [0.15, 0.2) is 9.84 Å². The molecule has 1 aliphatic rings. The maximum atomic E-state index is 12.0. The molecule has 2 rings (SSSR count). The van der Waals surface area contributed by atoms with Crippen molar-refractivity contribution in [3.05, 3.63) is 4.88 Å². The van der Waals surface area contributed by atoms with Crippen LogP contribution >= 0.6 is 11.3 Å². The highest BCUT2D eigenvalue weighted by Crippen LogP contribution is 2.40. The Hall–Kier alpha value is -1.26. The molecule has 1 saturated carbocycles. The first-order chi connectivity index (χ1) is 8.49. The van der Waals surface area contributed by atoms with Crippen molar-refractivity contribution >= 4 is 31.9 Å². The van der Waals surface area contributed by atoms with Gasteiger partial charge in [-0.25, -0.2) is 8.42 Å². The van der Waals surface area contributed by atoms with Gasteiger partial charge in [-0.15, -0.1) is 11.3 Å². The predicted molar refractivity (Wildman–Crippen MR) is 72.4 cm³/mol. The first-order valence-corrected chi connectivity index (χ1v) is 8.25. The number of hydrogen-bond acceptors (Lipinski definition) is 6. The zero-order valence-electron chi connectivity index (χ0n) is 10.1. The average Bonchev–Trinajstić information content (AvgIpc) is 3.10. The van der Waals surface area contributed by atoms with Crippen molar-refractivity contribution in [1.82, 2.24) is 0 Å². The smallest absolute Gasteiger partial charge is 0.183 e. The van der Waals surface area contributed by atoms with Gasteiger partial charge in [0.1, 0.15) is 20.8 Å². The lowest BCUT2D eigenvalue weighted by molar-refractivity contribution is 0.598. The Bertz CT molecular complexity index is 595. The number of sulfone groups is 1. The normalized spacial score (nSPS) is 15.3. The fourth-order valence-corrected chi connectivity index (χ4v) is 4.11. The highest BCUT2D eigenvalue weighted by Gasteiger charge is 2.28. The molecule has 0 aliphatic heterocycles. The Morgan fingerprint density at radius 1 is 1.56 bits per heavy atom. The standard InChI is InChI=1S/C11H15N3O2S2/c1-2-18(15,16)10-9(13)8(5-12)17-11(10)14-6-7-3-4-7/h7,14H,2-4,6,13H2,1H3. The number of hydrogen-bond donors (Lipinski definition) is 2. The van der Waals surface area contributed by atoms with Gasteiger partial charge in [0.25, 0.3) is 0 Å². The summed E-state index contributed by atoms with van der Waals surface area (Å²) in [4.78, 5) is 0.368. The molecule has 1 fully saturated rings. The van der Waals surface area contributed by atoms with Crippen molar-refractivity contribution < 1.29 is 8.42 Å². The van der Waals surface area contributed by atoms with E-state index in [1.54, 1.807) is 6.92 Å². The van der Waals surface area contributed by atoms with E-state index in [1.165, 1.54) is 12.8 Å². The van der Waals surface area contributed by atoms with Crippen LogP contribution in [0.25, 0.3) is 0 Å². The van der Waals surface area contributed by atoms with E-state index in [2.05, 4.69) is 5.32 Å². The lowest BCUT2D eigenvalue weighted by Gasteiger charge is -2.07. The Labute approximate surface area is 111 Å². The largest absolute Gasteiger partial charge is 0.396 e. The lowest BCUT2D eigenvalue weighted by Crippen LogP contribution is -2.10. The second-order valence-corrected chi connectivity index (χ2v) is 7.58. The van der Waals surface area contributed by atoms with Crippen molar-refractivity contribution in [2.24, 2.45) is 5.92 Å². The molecule has 1 aromatic heterocycles. The zero-order valence-corrected chi connectivity index (χ0v) is 11.7. The van der Waals surface area contributed by atoms with Gasteiger partial charge in [-0.05, 0) is 18.8 Å². The minimum atomic E-state index is -3.40. The zero-order chi connectivity index (χ0) is 13.3. The van der Waals surface area contributed by atoms with Crippen LogP contribution in [0.5, 0.6) is 0 Å². The Kier molecular flexibility index (Phi) is 3.50. The van der Waals surface area contributed by atoms with Gasteiger partial charge < -0.3 is 11.1 Å². The molecule has 0 spiro atoms. The highest BCUT2D eigenvalue weighted by molar-refractivity contribution is 7.91. The molecule has 18 heavy (non-hydrogen) atoms. The van der Waals surface area contributed by atoms with Gasteiger partial charge >= 0.3 is 0 Å². The van der Waals surface area contributed by atoms with E-state index in [9.17, 15) is 8.42 Å². The van der Waals surface area contributed by atoms with E-state index < -0.39 is 9.84 Å². The molecule has 5 nitrogen and oxygen atoms in total. The maximum Gasteiger partial charge on any atom is 0.183 e. The van der Waals surface area contributed by atoms with Crippen molar-refractivity contribution in [2.45, 2.75) is 24.7 Å². The van der Waals surface area contributed by atoms with Crippen molar-refractivity contribution in [3.8, 4) is 6.07 Å². The second kappa shape index (κ2) is 4.78. The molecule has 0 aromatic carbocycles. The third-order valence-corrected chi connectivity index (χ3v) is 5.94. The van der Waals surface area contributed by atoms with Crippen molar-refractivity contribution in [2.75, 3.05) is 23.3 Å². The van der Waals surface area contributed by atoms with Crippen LogP contribution in [-0.4, -0.2) is 20.7 Å². The number of anilines is 2. The molecule has 3 N–H and O–H groups in total. The summed E-state index contributed by atoms with van der Waals surface area (Å²) in [6.45, 7) is 2.32. The molecular weight excluding hydrogens is 270 g/mol. The third-order valence-electron chi connectivity index (χ3n) is 2.94. The van der Waals surface area contributed by atoms with Gasteiger partial charge in [-0.3, -0.25) is 0 Å². The van der Waals surface area contributed by atoms with Gasteiger partial charge in [0.2, 0.25) is 0 Å². The Morgan fingerprint density at radius 3 is 2.72 bits per heavy atom. The number of nitrogens with two attached hydrogens (primary N) is 1. The maximum absolute atomic E-state index is 12.0. The quantitative estimate of drug-likeness (QED) is 0.860. The summed E-state index contributed by atoms with van der Waals surface area (Å²) in [5.74, 6) is 0.604. The van der Waals surface area contributed by atoms with Crippen LogP contribution in [0.15, 0.2) is 4.90 Å². The highest BCUT2D eigenvalue weighted by atomic mass is 32.2. The molecule has 0 bridgehead atoms. The van der Waals surface area contributed by atoms with E-state index in [0.717, 1.165) is 17.9 Å². The molecule has 0 radical (unpaired) electrons. The summed E-state index contributed by atoms with van der Waals surface area (Å²) in [5, 5.41) is 12.6. The van der Waals surface area contributed by atoms with Crippen LogP contribution in [-0.2, 0) is 9.84 Å². The minimum absolute atomic E-state index is 0.0170. The predicted octanol–water partition coefficient (Wildman–Crippen LogP) is 1.82. The SMILES string of the molecule is CCS(=O)(=O)c1c(NCC2CC2)sc(C#N)c1N. The van der Waals surface area contributed by atoms with E-state index in [0.29, 0.717) is 10.9 Å². The summed E-state index contributed by atoms with van der Waals surface area (Å²) >= 11 is 1.12. The van der Waals surface area contributed by atoms with Gasteiger partial charge in [-0.2, -0.15) is 5.26 Å². The fourth-order valence-electron chi connectivity index (χ4n) is 1.64. The van der Waals surface area contributed by atoms with Gasteiger partial charge in [0, 0.05) is 6.54 Å². The molecule has 0 amide bonds. The molecule has 0 saturated heterocycles. The van der Waals surface area contributed by atoms with Gasteiger partial charge in [-0.1, -0.05) is 6.92 Å². The molecule has 1 aromatic rings. The van der Waals surface area contributed by atoms with Crippen LogP contribution in [0.1, 0.15) is 24.6 Å². The topological polar surface area (TPSA) is 96.0 Å². The number of nitrogen functional groups attached to an aromatic ring is 1. The van der Waals surface area contributed by atoms with Crippen molar-refractivity contribution in [3.63, 3.8) is 0 Å².